The minimum atomic E-state index is -1.26. The van der Waals surface area contributed by atoms with Crippen molar-refractivity contribution >= 4 is 23.9 Å². The first-order valence-electron chi connectivity index (χ1n) is 7.45. The Balaban J connectivity index is 3.30. The van der Waals surface area contributed by atoms with Gasteiger partial charge in [-0.25, -0.2) is 0 Å². The summed E-state index contributed by atoms with van der Waals surface area (Å²) in [5, 5.41) is 18.6. The number of carboxylic acid groups (broad SMARTS) is 2. The molecule has 2 N–H and O–H groups in total. The molecule has 5 atom stereocenters. The van der Waals surface area contributed by atoms with Gasteiger partial charge in [-0.3, -0.25) is 19.2 Å². The zero-order valence-electron chi connectivity index (χ0n) is 14.0. The number of methoxy groups -OCH3 is 2. The summed E-state index contributed by atoms with van der Waals surface area (Å²) < 4.78 is 9.43. The molecule has 0 bridgehead atoms. The van der Waals surface area contributed by atoms with Gasteiger partial charge in [-0.1, -0.05) is 18.6 Å². The van der Waals surface area contributed by atoms with E-state index < -0.39 is 53.5 Å². The van der Waals surface area contributed by atoms with Gasteiger partial charge >= 0.3 is 23.9 Å². The van der Waals surface area contributed by atoms with Crippen molar-refractivity contribution in [1.82, 2.24) is 0 Å². The maximum Gasteiger partial charge on any atom is 0.311 e. The molecule has 0 saturated heterocycles. The molecular weight excluding hydrogens is 320 g/mol. The Morgan fingerprint density at radius 1 is 1.08 bits per heavy atom. The Morgan fingerprint density at radius 2 is 1.62 bits per heavy atom. The van der Waals surface area contributed by atoms with E-state index in [1.807, 2.05) is 0 Å². The van der Waals surface area contributed by atoms with Gasteiger partial charge in [0.25, 0.3) is 0 Å². The molecule has 1 rings (SSSR count). The van der Waals surface area contributed by atoms with Gasteiger partial charge in [-0.05, 0) is 19.3 Å². The van der Waals surface area contributed by atoms with Gasteiger partial charge < -0.3 is 19.7 Å². The number of aliphatic carboxylic acids is 2. The van der Waals surface area contributed by atoms with E-state index in [0.29, 0.717) is 5.57 Å². The number of allylic oxidation sites excluding steroid dienone is 1. The summed E-state index contributed by atoms with van der Waals surface area (Å²) in [6.07, 6.45) is 1.27. The van der Waals surface area contributed by atoms with Crippen LogP contribution < -0.4 is 0 Å². The van der Waals surface area contributed by atoms with Crippen LogP contribution in [0, 0.1) is 29.6 Å². The molecule has 0 heterocycles. The fraction of sp³-hybridized carbons (Fsp3) is 0.625. The van der Waals surface area contributed by atoms with Crippen LogP contribution in [0.5, 0.6) is 0 Å². The molecule has 1 aliphatic carbocycles. The lowest BCUT2D eigenvalue weighted by Gasteiger charge is -2.35. The van der Waals surface area contributed by atoms with Gasteiger partial charge in [0.2, 0.25) is 0 Å². The van der Waals surface area contributed by atoms with E-state index in [1.165, 1.54) is 27.2 Å². The van der Waals surface area contributed by atoms with E-state index in [9.17, 15) is 29.4 Å². The molecule has 0 aromatic rings. The number of carbonyl (C=O) groups is 4. The number of hydrogen-bond acceptors (Lipinski definition) is 6. The Labute approximate surface area is 139 Å². The van der Waals surface area contributed by atoms with Crippen molar-refractivity contribution in [3.8, 4) is 0 Å². The molecule has 24 heavy (non-hydrogen) atoms. The molecule has 0 amide bonds. The van der Waals surface area contributed by atoms with Crippen molar-refractivity contribution < 1.29 is 38.9 Å². The topological polar surface area (TPSA) is 127 Å². The predicted octanol–water partition coefficient (Wildman–Crippen LogP) is 0.953. The SMILES string of the molecule is COC(=O)C(C)C(C(=O)OC)C1CC(C(=O)O)C(C(=O)O)C=C1C. The van der Waals surface area contributed by atoms with E-state index in [0.717, 1.165) is 0 Å². The van der Waals surface area contributed by atoms with Crippen LogP contribution in [-0.4, -0.2) is 48.3 Å². The van der Waals surface area contributed by atoms with Crippen molar-refractivity contribution in [1.29, 1.82) is 0 Å². The number of ether oxygens (including phenoxy) is 2. The molecule has 0 saturated carbocycles. The zero-order valence-corrected chi connectivity index (χ0v) is 14.0. The monoisotopic (exact) mass is 342 g/mol. The normalized spacial score (nSPS) is 25.8. The van der Waals surface area contributed by atoms with Crippen LogP contribution in [0.2, 0.25) is 0 Å². The minimum absolute atomic E-state index is 0.0737. The van der Waals surface area contributed by atoms with Crippen molar-refractivity contribution in [3.63, 3.8) is 0 Å². The van der Waals surface area contributed by atoms with Crippen LogP contribution in [0.1, 0.15) is 20.3 Å². The summed E-state index contributed by atoms with van der Waals surface area (Å²) in [7, 11) is 2.37. The van der Waals surface area contributed by atoms with Gasteiger partial charge in [-0.2, -0.15) is 0 Å². The average molecular weight is 342 g/mol. The molecule has 8 heteroatoms. The highest BCUT2D eigenvalue weighted by Gasteiger charge is 2.46. The first-order valence-corrected chi connectivity index (χ1v) is 7.45. The van der Waals surface area contributed by atoms with Gasteiger partial charge in [0.05, 0.1) is 37.9 Å². The number of esters is 2. The highest BCUT2D eigenvalue weighted by Crippen LogP contribution is 2.41. The Kier molecular flexibility index (Phi) is 6.51. The molecule has 134 valence electrons. The first kappa shape index (κ1) is 19.7. The molecule has 0 spiro atoms. The van der Waals surface area contributed by atoms with Gasteiger partial charge in [0.1, 0.15) is 0 Å². The first-order chi connectivity index (χ1) is 11.1. The van der Waals surface area contributed by atoms with E-state index in [1.54, 1.807) is 6.92 Å². The number of carboxylic acids is 2. The smallest absolute Gasteiger partial charge is 0.311 e. The van der Waals surface area contributed by atoms with Crippen molar-refractivity contribution in [2.75, 3.05) is 14.2 Å². The summed E-state index contributed by atoms with van der Waals surface area (Å²) >= 11 is 0. The molecule has 0 aliphatic heterocycles. The van der Waals surface area contributed by atoms with Crippen LogP contribution in [0.3, 0.4) is 0 Å². The van der Waals surface area contributed by atoms with E-state index >= 15 is 0 Å². The molecule has 5 unspecified atom stereocenters. The maximum absolute atomic E-state index is 12.2. The molecule has 0 radical (unpaired) electrons. The fourth-order valence-corrected chi connectivity index (χ4v) is 3.24. The third-order valence-corrected chi connectivity index (χ3v) is 4.59. The Bertz CT molecular complexity index is 564. The Morgan fingerprint density at radius 3 is 2.04 bits per heavy atom. The highest BCUT2D eigenvalue weighted by atomic mass is 16.5. The van der Waals surface area contributed by atoms with Gasteiger partial charge in [0.15, 0.2) is 0 Å². The van der Waals surface area contributed by atoms with Gasteiger partial charge in [0, 0.05) is 0 Å². The quantitative estimate of drug-likeness (QED) is 0.539. The second-order valence-electron chi connectivity index (χ2n) is 5.92. The molecular formula is C16H22O8. The molecule has 0 aromatic carbocycles. The fourth-order valence-electron chi connectivity index (χ4n) is 3.24. The standard InChI is InChI=1S/C16H22O8/c1-7-5-10(13(17)18)11(14(19)20)6-9(7)12(16(22)24-4)8(2)15(21)23-3/h5,8-12H,6H2,1-4H3,(H,17,18)(H,19,20). The van der Waals surface area contributed by atoms with E-state index in [2.05, 4.69) is 4.74 Å². The summed E-state index contributed by atoms with van der Waals surface area (Å²) in [5.74, 6) is -8.57. The third kappa shape index (κ3) is 3.93. The lowest BCUT2D eigenvalue weighted by atomic mass is 9.67. The van der Waals surface area contributed by atoms with Crippen LogP contribution in [0.15, 0.2) is 11.6 Å². The second kappa shape index (κ2) is 7.94. The van der Waals surface area contributed by atoms with Crippen LogP contribution in [0.4, 0.5) is 0 Å². The van der Waals surface area contributed by atoms with E-state index in [4.69, 9.17) is 4.74 Å². The number of rotatable bonds is 6. The number of carbonyl (C=O) groups excluding carboxylic acids is 2. The molecule has 0 fully saturated rings. The predicted molar refractivity (Wildman–Crippen MR) is 80.8 cm³/mol. The van der Waals surface area contributed by atoms with Crippen LogP contribution in [-0.2, 0) is 28.7 Å². The lowest BCUT2D eigenvalue weighted by Crippen LogP contribution is -2.42. The van der Waals surface area contributed by atoms with Crippen molar-refractivity contribution in [2.24, 2.45) is 29.6 Å². The summed E-state index contributed by atoms with van der Waals surface area (Å²) in [6, 6.07) is 0. The summed E-state index contributed by atoms with van der Waals surface area (Å²) in [4.78, 5) is 46.8. The maximum atomic E-state index is 12.2. The van der Waals surface area contributed by atoms with Crippen molar-refractivity contribution in [2.45, 2.75) is 20.3 Å². The lowest BCUT2D eigenvalue weighted by molar-refractivity contribution is -0.160. The Hall–Kier alpha value is -2.38. The molecule has 8 nitrogen and oxygen atoms in total. The van der Waals surface area contributed by atoms with E-state index in [-0.39, 0.29) is 6.42 Å². The molecule has 0 aromatic heterocycles. The number of hydrogen-bond donors (Lipinski definition) is 2. The van der Waals surface area contributed by atoms with Crippen LogP contribution >= 0.6 is 0 Å². The third-order valence-electron chi connectivity index (χ3n) is 4.59. The van der Waals surface area contributed by atoms with Crippen molar-refractivity contribution in [3.05, 3.63) is 11.6 Å². The minimum Gasteiger partial charge on any atom is -0.481 e. The average Bonchev–Trinajstić information content (AvgIpc) is 2.54. The zero-order chi connectivity index (χ0) is 18.6. The second-order valence-corrected chi connectivity index (χ2v) is 5.92. The summed E-state index contributed by atoms with van der Waals surface area (Å²) in [5.41, 5.74) is 0.547. The van der Waals surface area contributed by atoms with Crippen LogP contribution in [0.25, 0.3) is 0 Å². The van der Waals surface area contributed by atoms with Gasteiger partial charge in [-0.15, -0.1) is 0 Å². The molecule has 1 aliphatic rings. The largest absolute Gasteiger partial charge is 0.481 e. The summed E-state index contributed by atoms with van der Waals surface area (Å²) in [6.45, 7) is 3.12. The highest BCUT2D eigenvalue weighted by molar-refractivity contribution is 5.84.